The SMILES string of the molecule is COc1ccc(C(CO)=NO)cc1OC. The molecule has 0 saturated heterocycles. The Morgan fingerprint density at radius 1 is 1.27 bits per heavy atom. The van der Waals surface area contributed by atoms with Crippen molar-refractivity contribution in [2.45, 2.75) is 0 Å². The lowest BCUT2D eigenvalue weighted by Crippen LogP contribution is -2.06. The molecular formula is C10H13NO4. The Morgan fingerprint density at radius 3 is 2.40 bits per heavy atom. The zero-order valence-electron chi connectivity index (χ0n) is 8.60. The molecule has 0 spiro atoms. The molecule has 0 fully saturated rings. The number of methoxy groups -OCH3 is 2. The van der Waals surface area contributed by atoms with Crippen LogP contribution in [0.3, 0.4) is 0 Å². The first-order valence-corrected chi connectivity index (χ1v) is 4.31. The third-order valence-electron chi connectivity index (χ3n) is 1.99. The molecule has 0 aliphatic heterocycles. The van der Waals surface area contributed by atoms with Crippen molar-refractivity contribution in [1.29, 1.82) is 0 Å². The predicted octanol–water partition coefficient (Wildman–Crippen LogP) is 0.874. The van der Waals surface area contributed by atoms with E-state index in [-0.39, 0.29) is 12.3 Å². The van der Waals surface area contributed by atoms with Crippen molar-refractivity contribution < 1.29 is 19.8 Å². The summed E-state index contributed by atoms with van der Waals surface area (Å²) in [6.45, 7) is -0.341. The highest BCUT2D eigenvalue weighted by molar-refractivity contribution is 6.01. The second kappa shape index (κ2) is 5.21. The molecule has 0 heterocycles. The summed E-state index contributed by atoms with van der Waals surface area (Å²) in [5, 5.41) is 20.5. The van der Waals surface area contributed by atoms with Gasteiger partial charge in [-0.25, -0.2) is 0 Å². The second-order valence-electron chi connectivity index (χ2n) is 2.77. The highest BCUT2D eigenvalue weighted by atomic mass is 16.5. The summed E-state index contributed by atoms with van der Waals surface area (Å²) in [4.78, 5) is 0. The lowest BCUT2D eigenvalue weighted by molar-refractivity contribution is 0.303. The molecule has 5 nitrogen and oxygen atoms in total. The Balaban J connectivity index is 3.13. The molecule has 1 aromatic rings. The minimum atomic E-state index is -0.341. The van der Waals surface area contributed by atoms with Crippen LogP contribution in [0.15, 0.2) is 23.4 Å². The van der Waals surface area contributed by atoms with Crippen molar-refractivity contribution in [2.75, 3.05) is 20.8 Å². The molecule has 0 saturated carbocycles. The normalized spacial score (nSPS) is 11.3. The monoisotopic (exact) mass is 211 g/mol. The molecule has 0 aromatic heterocycles. The van der Waals surface area contributed by atoms with Gasteiger partial charge in [-0.15, -0.1) is 0 Å². The van der Waals surface area contributed by atoms with Gasteiger partial charge in [0.15, 0.2) is 11.5 Å². The Hall–Kier alpha value is -1.75. The average molecular weight is 211 g/mol. The number of hydrogen-bond acceptors (Lipinski definition) is 5. The number of oxime groups is 1. The molecule has 0 atom stereocenters. The zero-order chi connectivity index (χ0) is 11.3. The Kier molecular flexibility index (Phi) is 3.93. The molecule has 2 N–H and O–H groups in total. The zero-order valence-corrected chi connectivity index (χ0v) is 8.60. The predicted molar refractivity (Wildman–Crippen MR) is 55.0 cm³/mol. The number of nitrogens with zero attached hydrogens (tertiary/aromatic N) is 1. The third-order valence-corrected chi connectivity index (χ3v) is 1.99. The van der Waals surface area contributed by atoms with Crippen molar-refractivity contribution in [3.8, 4) is 11.5 Å². The summed E-state index contributed by atoms with van der Waals surface area (Å²) >= 11 is 0. The van der Waals surface area contributed by atoms with Crippen LogP contribution in [-0.2, 0) is 0 Å². The van der Waals surface area contributed by atoms with Gasteiger partial charge in [-0.1, -0.05) is 5.16 Å². The van der Waals surface area contributed by atoms with E-state index in [9.17, 15) is 0 Å². The fraction of sp³-hybridized carbons (Fsp3) is 0.300. The van der Waals surface area contributed by atoms with Crippen LogP contribution in [0.25, 0.3) is 0 Å². The van der Waals surface area contributed by atoms with Crippen molar-refractivity contribution in [3.63, 3.8) is 0 Å². The number of hydrogen-bond donors (Lipinski definition) is 2. The van der Waals surface area contributed by atoms with Gasteiger partial charge >= 0.3 is 0 Å². The van der Waals surface area contributed by atoms with E-state index in [0.29, 0.717) is 17.1 Å². The summed E-state index contributed by atoms with van der Waals surface area (Å²) in [5.41, 5.74) is 0.758. The average Bonchev–Trinajstić information content (AvgIpc) is 2.30. The molecule has 0 amide bonds. The van der Waals surface area contributed by atoms with Crippen LogP contribution in [0, 0.1) is 0 Å². The highest BCUT2D eigenvalue weighted by Crippen LogP contribution is 2.27. The van der Waals surface area contributed by atoms with Gasteiger partial charge in [0.25, 0.3) is 0 Å². The van der Waals surface area contributed by atoms with Gasteiger partial charge in [0.2, 0.25) is 0 Å². The van der Waals surface area contributed by atoms with E-state index >= 15 is 0 Å². The molecule has 1 rings (SSSR count). The molecule has 0 radical (unpaired) electrons. The summed E-state index contributed by atoms with van der Waals surface area (Å²) < 4.78 is 10.1. The van der Waals surface area contributed by atoms with Gasteiger partial charge in [-0.05, 0) is 18.2 Å². The number of aliphatic hydroxyl groups is 1. The molecule has 0 aliphatic carbocycles. The standard InChI is InChI=1S/C10H13NO4/c1-14-9-4-3-7(5-10(9)15-2)8(6-12)11-13/h3-5,12-13H,6H2,1-2H3. The molecule has 0 unspecified atom stereocenters. The maximum Gasteiger partial charge on any atom is 0.161 e. The van der Waals surface area contributed by atoms with E-state index in [4.69, 9.17) is 19.8 Å². The van der Waals surface area contributed by atoms with Gasteiger partial charge in [0.1, 0.15) is 5.71 Å². The Bertz CT molecular complexity index is 362. The second-order valence-corrected chi connectivity index (χ2v) is 2.77. The molecular weight excluding hydrogens is 198 g/mol. The van der Waals surface area contributed by atoms with E-state index in [1.165, 1.54) is 14.2 Å². The maximum atomic E-state index is 8.91. The van der Waals surface area contributed by atoms with E-state index in [1.54, 1.807) is 18.2 Å². The number of benzene rings is 1. The summed E-state index contributed by atoms with van der Waals surface area (Å²) in [7, 11) is 3.04. The maximum absolute atomic E-state index is 8.91. The van der Waals surface area contributed by atoms with Crippen LogP contribution < -0.4 is 9.47 Å². The molecule has 5 heteroatoms. The quantitative estimate of drug-likeness (QED) is 0.440. The summed E-state index contributed by atoms with van der Waals surface area (Å²) in [6.07, 6.45) is 0. The number of rotatable bonds is 4. The molecule has 0 bridgehead atoms. The Labute approximate surface area is 87.6 Å². The lowest BCUT2D eigenvalue weighted by Gasteiger charge is -2.09. The lowest BCUT2D eigenvalue weighted by atomic mass is 10.1. The Morgan fingerprint density at radius 2 is 1.93 bits per heavy atom. The van der Waals surface area contributed by atoms with Gasteiger partial charge in [0.05, 0.1) is 20.8 Å². The van der Waals surface area contributed by atoms with E-state index in [1.807, 2.05) is 0 Å². The van der Waals surface area contributed by atoms with Crippen LogP contribution in [0.4, 0.5) is 0 Å². The van der Waals surface area contributed by atoms with Crippen LogP contribution in [0.2, 0.25) is 0 Å². The van der Waals surface area contributed by atoms with E-state index in [2.05, 4.69) is 5.16 Å². The molecule has 0 aliphatic rings. The summed E-state index contributed by atoms with van der Waals surface area (Å²) in [6, 6.07) is 4.98. The topological polar surface area (TPSA) is 71.3 Å². The van der Waals surface area contributed by atoms with Crippen molar-refractivity contribution in [1.82, 2.24) is 0 Å². The van der Waals surface area contributed by atoms with Gasteiger partial charge in [0, 0.05) is 5.56 Å². The smallest absolute Gasteiger partial charge is 0.161 e. The van der Waals surface area contributed by atoms with Gasteiger partial charge in [-0.3, -0.25) is 0 Å². The van der Waals surface area contributed by atoms with E-state index in [0.717, 1.165) is 0 Å². The van der Waals surface area contributed by atoms with Gasteiger partial charge < -0.3 is 19.8 Å². The fourth-order valence-corrected chi connectivity index (χ4v) is 1.20. The van der Waals surface area contributed by atoms with Crippen molar-refractivity contribution in [2.24, 2.45) is 5.16 Å². The van der Waals surface area contributed by atoms with Crippen molar-refractivity contribution >= 4 is 5.71 Å². The highest BCUT2D eigenvalue weighted by Gasteiger charge is 2.08. The van der Waals surface area contributed by atoms with Crippen LogP contribution >= 0.6 is 0 Å². The first-order chi connectivity index (χ1) is 7.26. The number of aliphatic hydroxyl groups excluding tert-OH is 1. The van der Waals surface area contributed by atoms with Crippen LogP contribution in [-0.4, -0.2) is 36.9 Å². The van der Waals surface area contributed by atoms with Crippen molar-refractivity contribution in [3.05, 3.63) is 23.8 Å². The summed E-state index contributed by atoms with van der Waals surface area (Å²) in [5.74, 6) is 1.10. The van der Waals surface area contributed by atoms with E-state index < -0.39 is 0 Å². The first-order valence-electron chi connectivity index (χ1n) is 4.31. The largest absolute Gasteiger partial charge is 0.493 e. The van der Waals surface area contributed by atoms with Gasteiger partial charge in [-0.2, -0.15) is 0 Å². The minimum Gasteiger partial charge on any atom is -0.493 e. The van der Waals surface area contributed by atoms with Crippen LogP contribution in [0.5, 0.6) is 11.5 Å². The molecule has 82 valence electrons. The fourth-order valence-electron chi connectivity index (χ4n) is 1.20. The third kappa shape index (κ3) is 2.38. The first kappa shape index (κ1) is 11.3. The minimum absolute atomic E-state index is 0.177. The molecule has 1 aromatic carbocycles. The van der Waals surface area contributed by atoms with Crippen LogP contribution in [0.1, 0.15) is 5.56 Å². The number of ether oxygens (including phenoxy) is 2. The molecule has 15 heavy (non-hydrogen) atoms.